The van der Waals surface area contributed by atoms with Crippen LogP contribution in [0.2, 0.25) is 0 Å². The zero-order valence-electron chi connectivity index (χ0n) is 12.5. The lowest BCUT2D eigenvalue weighted by Crippen LogP contribution is -2.56. The van der Waals surface area contributed by atoms with Gasteiger partial charge in [-0.3, -0.25) is 4.99 Å². The summed E-state index contributed by atoms with van der Waals surface area (Å²) in [6, 6.07) is 0.544. The number of rotatable bonds is 3. The van der Waals surface area contributed by atoms with Gasteiger partial charge >= 0.3 is 0 Å². The molecule has 0 heterocycles. The molecule has 18 heavy (non-hydrogen) atoms. The number of allylic oxidation sites excluding steroid dienone is 4. The smallest absolute Gasteiger partial charge is 0.0531 e. The van der Waals surface area contributed by atoms with E-state index < -0.39 is 0 Å². The van der Waals surface area contributed by atoms with Gasteiger partial charge in [-0.05, 0) is 55.4 Å². The SMILES string of the molecule is C\C=C/C(/C=N/[C@@H]1C[C@@H]2C[C@H]([C@H]1C)C2(C)C)=C\C. The van der Waals surface area contributed by atoms with E-state index >= 15 is 0 Å². The number of hydrogen-bond acceptors (Lipinski definition) is 1. The first kappa shape index (κ1) is 13.6. The first-order chi connectivity index (χ1) is 8.50. The Hall–Kier alpha value is -0.850. The standard InChI is InChI=1S/C17H27N/c1-6-8-13(7-2)11-18-16-10-14-9-15(12(16)3)17(14,4)5/h6-8,11-12,14-16H,9-10H2,1-5H3/b8-6-,13-7+,18-11+/t12-,14+,15-,16-/m1/s1. The van der Waals surface area contributed by atoms with Crippen LogP contribution in [0.4, 0.5) is 0 Å². The number of nitrogens with zero attached hydrogens (tertiary/aromatic N) is 1. The van der Waals surface area contributed by atoms with Crippen molar-refractivity contribution in [2.24, 2.45) is 28.2 Å². The van der Waals surface area contributed by atoms with Crippen LogP contribution in [0.25, 0.3) is 0 Å². The lowest BCUT2D eigenvalue weighted by atomic mass is 9.45. The molecule has 0 radical (unpaired) electrons. The van der Waals surface area contributed by atoms with Crippen molar-refractivity contribution in [1.82, 2.24) is 0 Å². The highest BCUT2D eigenvalue weighted by Gasteiger charge is 2.56. The molecule has 1 heteroatoms. The van der Waals surface area contributed by atoms with Crippen LogP contribution in [0.5, 0.6) is 0 Å². The maximum atomic E-state index is 4.86. The first-order valence-electron chi connectivity index (χ1n) is 7.32. The third-order valence-corrected chi connectivity index (χ3v) is 5.42. The Morgan fingerprint density at radius 3 is 2.44 bits per heavy atom. The van der Waals surface area contributed by atoms with E-state index in [4.69, 9.17) is 4.99 Å². The molecule has 2 bridgehead atoms. The van der Waals surface area contributed by atoms with Gasteiger partial charge in [0.05, 0.1) is 6.04 Å². The van der Waals surface area contributed by atoms with Crippen LogP contribution in [0, 0.1) is 23.2 Å². The molecule has 3 aliphatic rings. The number of hydrogen-bond donors (Lipinski definition) is 0. The fraction of sp³-hybridized carbons (Fsp3) is 0.706. The minimum atomic E-state index is 0.544. The molecule has 0 aromatic carbocycles. The van der Waals surface area contributed by atoms with Gasteiger partial charge in [-0.1, -0.05) is 39.0 Å². The highest BCUT2D eigenvalue weighted by atomic mass is 14.8. The summed E-state index contributed by atoms with van der Waals surface area (Å²) in [5.41, 5.74) is 1.79. The van der Waals surface area contributed by atoms with E-state index in [0.29, 0.717) is 11.5 Å². The summed E-state index contributed by atoms with van der Waals surface area (Å²) in [7, 11) is 0. The molecule has 3 fully saturated rings. The lowest BCUT2D eigenvalue weighted by Gasteiger charge is -2.61. The molecule has 0 saturated heterocycles. The van der Waals surface area contributed by atoms with Crippen molar-refractivity contribution < 1.29 is 0 Å². The second kappa shape index (κ2) is 5.03. The average molecular weight is 245 g/mol. The molecule has 3 rings (SSSR count). The number of aliphatic imine (C=N–C) groups is 1. The first-order valence-corrected chi connectivity index (χ1v) is 7.32. The van der Waals surface area contributed by atoms with E-state index in [1.165, 1.54) is 18.4 Å². The minimum Gasteiger partial charge on any atom is -0.289 e. The van der Waals surface area contributed by atoms with E-state index in [1.807, 2.05) is 0 Å². The van der Waals surface area contributed by atoms with Gasteiger partial charge in [0.1, 0.15) is 0 Å². The Morgan fingerprint density at radius 1 is 1.22 bits per heavy atom. The molecule has 1 nitrogen and oxygen atoms in total. The second-order valence-corrected chi connectivity index (χ2v) is 6.59. The van der Waals surface area contributed by atoms with E-state index in [0.717, 1.165) is 17.8 Å². The van der Waals surface area contributed by atoms with E-state index in [1.54, 1.807) is 0 Å². The Labute approximate surface area is 112 Å². The van der Waals surface area contributed by atoms with Gasteiger partial charge in [0.25, 0.3) is 0 Å². The normalized spacial score (nSPS) is 39.3. The number of fused-ring (bicyclic) bond motifs is 2. The third-order valence-electron chi connectivity index (χ3n) is 5.42. The zero-order chi connectivity index (χ0) is 13.3. The minimum absolute atomic E-state index is 0.544. The third kappa shape index (κ3) is 2.20. The monoisotopic (exact) mass is 245 g/mol. The topological polar surface area (TPSA) is 12.4 Å². The van der Waals surface area contributed by atoms with Crippen molar-refractivity contribution in [3.8, 4) is 0 Å². The highest BCUT2D eigenvalue weighted by molar-refractivity contribution is 5.82. The quantitative estimate of drug-likeness (QED) is 0.507. The van der Waals surface area contributed by atoms with Crippen LogP contribution in [0.15, 0.2) is 28.8 Å². The summed E-state index contributed by atoms with van der Waals surface area (Å²) < 4.78 is 0. The van der Waals surface area contributed by atoms with Gasteiger partial charge in [0.2, 0.25) is 0 Å². The van der Waals surface area contributed by atoms with Gasteiger partial charge in [-0.2, -0.15) is 0 Å². The molecule has 0 spiro atoms. The summed E-state index contributed by atoms with van der Waals surface area (Å²) in [5.74, 6) is 2.52. The summed E-state index contributed by atoms with van der Waals surface area (Å²) in [5, 5.41) is 0. The van der Waals surface area contributed by atoms with Crippen molar-refractivity contribution in [1.29, 1.82) is 0 Å². The fourth-order valence-electron chi connectivity index (χ4n) is 3.91. The molecule has 0 unspecified atom stereocenters. The Balaban J connectivity index is 2.03. The molecule has 0 aliphatic heterocycles. The second-order valence-electron chi connectivity index (χ2n) is 6.59. The zero-order valence-corrected chi connectivity index (χ0v) is 12.5. The van der Waals surface area contributed by atoms with Crippen LogP contribution in [-0.2, 0) is 0 Å². The molecule has 3 saturated carbocycles. The van der Waals surface area contributed by atoms with E-state index in [2.05, 4.69) is 59.1 Å². The predicted molar refractivity (Wildman–Crippen MR) is 80.0 cm³/mol. The van der Waals surface area contributed by atoms with Crippen LogP contribution in [-0.4, -0.2) is 12.3 Å². The van der Waals surface area contributed by atoms with Gasteiger partial charge in [-0.25, -0.2) is 0 Å². The molecule has 0 aromatic rings. The summed E-state index contributed by atoms with van der Waals surface area (Å²) in [6.07, 6.45) is 11.1. The van der Waals surface area contributed by atoms with E-state index in [9.17, 15) is 0 Å². The van der Waals surface area contributed by atoms with Gasteiger partial charge in [0, 0.05) is 6.21 Å². The Bertz CT molecular complexity index is 386. The van der Waals surface area contributed by atoms with Crippen LogP contribution in [0.1, 0.15) is 47.5 Å². The van der Waals surface area contributed by atoms with E-state index in [-0.39, 0.29) is 0 Å². The molecule has 3 aliphatic carbocycles. The van der Waals surface area contributed by atoms with Crippen molar-refractivity contribution in [2.45, 2.75) is 53.5 Å². The maximum absolute atomic E-state index is 4.86. The van der Waals surface area contributed by atoms with Crippen molar-refractivity contribution >= 4 is 6.21 Å². The van der Waals surface area contributed by atoms with Crippen LogP contribution in [0.3, 0.4) is 0 Å². The van der Waals surface area contributed by atoms with Crippen molar-refractivity contribution in [2.75, 3.05) is 0 Å². The fourth-order valence-corrected chi connectivity index (χ4v) is 3.91. The molecule has 0 amide bonds. The summed E-state index contributed by atoms with van der Waals surface area (Å²) in [6.45, 7) is 11.4. The maximum Gasteiger partial charge on any atom is 0.0531 e. The largest absolute Gasteiger partial charge is 0.289 e. The highest BCUT2D eigenvalue weighted by Crippen LogP contribution is 2.61. The van der Waals surface area contributed by atoms with Gasteiger partial charge < -0.3 is 0 Å². The van der Waals surface area contributed by atoms with Gasteiger partial charge in [0.15, 0.2) is 0 Å². The Kier molecular flexibility index (Phi) is 3.79. The molecular weight excluding hydrogens is 218 g/mol. The molecule has 0 aromatic heterocycles. The molecular formula is C17H27N. The summed E-state index contributed by atoms with van der Waals surface area (Å²) >= 11 is 0. The average Bonchev–Trinajstić information content (AvgIpc) is 2.35. The van der Waals surface area contributed by atoms with Gasteiger partial charge in [-0.15, -0.1) is 0 Å². The molecule has 4 atom stereocenters. The van der Waals surface area contributed by atoms with Crippen molar-refractivity contribution in [3.05, 3.63) is 23.8 Å². The predicted octanol–water partition coefficient (Wildman–Crippen LogP) is 4.65. The summed E-state index contributed by atoms with van der Waals surface area (Å²) in [4.78, 5) is 4.86. The molecule has 100 valence electrons. The molecule has 0 N–H and O–H groups in total. The van der Waals surface area contributed by atoms with Crippen molar-refractivity contribution in [3.63, 3.8) is 0 Å². The van der Waals surface area contributed by atoms with Crippen LogP contribution >= 0.6 is 0 Å². The van der Waals surface area contributed by atoms with Crippen LogP contribution < -0.4 is 0 Å². The lowest BCUT2D eigenvalue weighted by molar-refractivity contribution is -0.108. The Morgan fingerprint density at radius 2 is 1.94 bits per heavy atom.